The molecule has 29 heavy (non-hydrogen) atoms. The Bertz CT molecular complexity index is 380. The van der Waals surface area contributed by atoms with Crippen LogP contribution in [-0.4, -0.2) is 84.8 Å². The summed E-state index contributed by atoms with van der Waals surface area (Å²) in [6, 6.07) is 0. The molecule has 1 N–H and O–H groups in total. The fraction of sp³-hybridized carbons (Fsp3) is 0.905. The van der Waals surface area contributed by atoms with Crippen LogP contribution in [0.25, 0.3) is 0 Å². The molecule has 0 aromatic rings. The van der Waals surface area contributed by atoms with Gasteiger partial charge < -0.3 is 29.0 Å². The maximum Gasteiger partial charge on any atom is 0.220 e. The number of unbranched alkanes of at least 4 members (excludes halogenated alkanes) is 5. The van der Waals surface area contributed by atoms with Crippen LogP contribution in [0.4, 0.5) is 0 Å². The predicted octanol–water partition coefficient (Wildman–Crippen LogP) is 2.14. The quantitative estimate of drug-likeness (QED) is 0.254. The average Bonchev–Trinajstić information content (AvgIpc) is 2.70. The lowest BCUT2D eigenvalue weighted by Gasteiger charge is -2.08. The van der Waals surface area contributed by atoms with Crippen LogP contribution < -0.4 is 5.32 Å². The van der Waals surface area contributed by atoms with Crippen molar-refractivity contribution in [1.29, 1.82) is 0 Å². The van der Waals surface area contributed by atoms with Gasteiger partial charge in [-0.05, 0) is 19.8 Å². The summed E-state index contributed by atoms with van der Waals surface area (Å²) in [7, 11) is 1.73. The number of amides is 1. The lowest BCUT2D eigenvalue weighted by molar-refractivity contribution is -0.122. The van der Waals surface area contributed by atoms with Gasteiger partial charge >= 0.3 is 0 Å². The molecule has 8 heteroatoms. The Kier molecular flexibility index (Phi) is 22.4. The van der Waals surface area contributed by atoms with E-state index in [1.165, 1.54) is 26.2 Å². The molecule has 0 aliphatic heterocycles. The van der Waals surface area contributed by atoms with Gasteiger partial charge in [-0.15, -0.1) is 0 Å². The van der Waals surface area contributed by atoms with E-state index in [2.05, 4.69) is 5.32 Å². The molecular formula is C21H41NO7. The minimum absolute atomic E-state index is 0.00735. The summed E-state index contributed by atoms with van der Waals surface area (Å²) in [5, 5.41) is 2.87. The van der Waals surface area contributed by atoms with Crippen LogP contribution in [0, 0.1) is 0 Å². The van der Waals surface area contributed by atoms with Crippen molar-refractivity contribution in [3.63, 3.8) is 0 Å². The van der Waals surface area contributed by atoms with Gasteiger partial charge in [0.15, 0.2) is 5.78 Å². The number of hydrogen-bond donors (Lipinski definition) is 1. The van der Waals surface area contributed by atoms with Crippen molar-refractivity contribution in [2.24, 2.45) is 0 Å². The average molecular weight is 420 g/mol. The molecule has 172 valence electrons. The minimum Gasteiger partial charge on any atom is -0.385 e. The molecule has 0 rings (SSSR count). The smallest absolute Gasteiger partial charge is 0.220 e. The molecule has 0 radical (unpaired) electrons. The fourth-order valence-electron chi connectivity index (χ4n) is 2.47. The van der Waals surface area contributed by atoms with E-state index in [1.807, 2.05) is 0 Å². The van der Waals surface area contributed by atoms with E-state index in [0.29, 0.717) is 59.2 Å². The largest absolute Gasteiger partial charge is 0.385 e. The molecular weight excluding hydrogens is 378 g/mol. The van der Waals surface area contributed by atoms with Gasteiger partial charge in [0.1, 0.15) is 6.61 Å². The number of hydrogen-bond acceptors (Lipinski definition) is 7. The number of carbonyl (C=O) groups excluding carboxylic acids is 2. The fourth-order valence-corrected chi connectivity index (χ4v) is 2.47. The Hall–Kier alpha value is -1.06. The van der Waals surface area contributed by atoms with Crippen molar-refractivity contribution in [1.82, 2.24) is 5.32 Å². The normalized spacial score (nSPS) is 11.0. The zero-order valence-electron chi connectivity index (χ0n) is 18.4. The van der Waals surface area contributed by atoms with Gasteiger partial charge in [0.2, 0.25) is 5.91 Å². The van der Waals surface area contributed by atoms with Crippen LogP contribution in [0.1, 0.15) is 51.9 Å². The van der Waals surface area contributed by atoms with E-state index in [4.69, 9.17) is 23.7 Å². The summed E-state index contributed by atoms with van der Waals surface area (Å²) in [5.74, 6) is 0.0987. The van der Waals surface area contributed by atoms with Crippen LogP contribution in [0.3, 0.4) is 0 Å². The summed E-state index contributed by atoms with van der Waals surface area (Å²) in [6.45, 7) is 6.26. The molecule has 0 aromatic heterocycles. The highest BCUT2D eigenvalue weighted by Crippen LogP contribution is 2.07. The van der Waals surface area contributed by atoms with Gasteiger partial charge in [-0.2, -0.15) is 0 Å². The van der Waals surface area contributed by atoms with Gasteiger partial charge in [-0.3, -0.25) is 9.59 Å². The number of ether oxygens (including phenoxy) is 5. The number of ketones is 1. The molecule has 0 bridgehead atoms. The Morgan fingerprint density at radius 3 is 1.76 bits per heavy atom. The number of rotatable bonds is 23. The topological polar surface area (TPSA) is 92.3 Å². The molecule has 0 saturated carbocycles. The van der Waals surface area contributed by atoms with E-state index in [0.717, 1.165) is 25.9 Å². The minimum atomic E-state index is 0.00735. The highest BCUT2D eigenvalue weighted by molar-refractivity contribution is 5.76. The van der Waals surface area contributed by atoms with Crippen molar-refractivity contribution in [2.75, 3.05) is 73.1 Å². The van der Waals surface area contributed by atoms with E-state index in [9.17, 15) is 9.59 Å². The molecule has 0 fully saturated rings. The van der Waals surface area contributed by atoms with E-state index >= 15 is 0 Å². The second kappa shape index (κ2) is 23.2. The van der Waals surface area contributed by atoms with E-state index < -0.39 is 0 Å². The first-order chi connectivity index (χ1) is 14.2. The number of Topliss-reactive ketones (excluding diaryl/α,β-unsaturated/α-hetero) is 1. The zero-order valence-corrected chi connectivity index (χ0v) is 18.4. The summed E-state index contributed by atoms with van der Waals surface area (Å²) >= 11 is 0. The molecule has 8 nitrogen and oxygen atoms in total. The lowest BCUT2D eigenvalue weighted by Crippen LogP contribution is -2.27. The molecule has 0 aliphatic rings. The Morgan fingerprint density at radius 1 is 0.655 bits per heavy atom. The monoisotopic (exact) mass is 419 g/mol. The van der Waals surface area contributed by atoms with Gasteiger partial charge in [0.05, 0.1) is 46.2 Å². The Labute approximate surface area is 175 Å². The van der Waals surface area contributed by atoms with E-state index in [1.54, 1.807) is 7.11 Å². The van der Waals surface area contributed by atoms with Crippen LogP contribution >= 0.6 is 0 Å². The number of carbonyl (C=O) groups is 2. The Balaban J connectivity index is 3.15. The molecule has 1 amide bonds. The number of nitrogens with one attached hydrogen (secondary N) is 1. The van der Waals surface area contributed by atoms with Gasteiger partial charge in [-0.1, -0.05) is 25.7 Å². The van der Waals surface area contributed by atoms with Crippen LogP contribution in [0.2, 0.25) is 0 Å². The Morgan fingerprint density at radius 2 is 1.17 bits per heavy atom. The number of methoxy groups -OCH3 is 1. The maximum absolute atomic E-state index is 11.7. The van der Waals surface area contributed by atoms with Crippen LogP contribution in [0.15, 0.2) is 0 Å². The van der Waals surface area contributed by atoms with E-state index in [-0.39, 0.29) is 18.3 Å². The first-order valence-corrected chi connectivity index (χ1v) is 10.7. The van der Waals surface area contributed by atoms with Crippen molar-refractivity contribution < 1.29 is 33.3 Å². The molecule has 0 spiro atoms. The lowest BCUT2D eigenvalue weighted by atomic mass is 10.1. The molecule has 0 aliphatic carbocycles. The van der Waals surface area contributed by atoms with Crippen molar-refractivity contribution >= 4 is 11.7 Å². The standard InChI is InChI=1S/C21H41NO7/c1-20(23)19-29-18-17-28-16-15-27-14-13-26-12-10-22-21(24)9-7-5-3-4-6-8-11-25-2/h3-19H2,1-2H3,(H,22,24). The van der Waals surface area contributed by atoms with Crippen LogP contribution in [-0.2, 0) is 33.3 Å². The predicted molar refractivity (Wildman–Crippen MR) is 111 cm³/mol. The molecule has 0 unspecified atom stereocenters. The summed E-state index contributed by atoms with van der Waals surface area (Å²) in [4.78, 5) is 22.4. The third kappa shape index (κ3) is 24.9. The third-order valence-corrected chi connectivity index (χ3v) is 3.99. The summed E-state index contributed by atoms with van der Waals surface area (Å²) < 4.78 is 26.2. The van der Waals surface area contributed by atoms with Gasteiger partial charge in [-0.25, -0.2) is 0 Å². The molecule has 0 aromatic carbocycles. The SMILES string of the molecule is COCCCCCCCCC(=O)NCCOCCOCCOCCOCC(C)=O. The van der Waals surface area contributed by atoms with Crippen molar-refractivity contribution in [2.45, 2.75) is 51.9 Å². The van der Waals surface area contributed by atoms with Crippen LogP contribution in [0.5, 0.6) is 0 Å². The van der Waals surface area contributed by atoms with Gasteiger partial charge in [0.25, 0.3) is 0 Å². The van der Waals surface area contributed by atoms with Gasteiger partial charge in [0, 0.05) is 26.7 Å². The molecule has 0 saturated heterocycles. The second-order valence-corrected chi connectivity index (χ2v) is 6.81. The highest BCUT2D eigenvalue weighted by atomic mass is 16.6. The highest BCUT2D eigenvalue weighted by Gasteiger charge is 2.00. The third-order valence-electron chi connectivity index (χ3n) is 3.99. The first-order valence-electron chi connectivity index (χ1n) is 10.7. The molecule has 0 heterocycles. The molecule has 0 atom stereocenters. The maximum atomic E-state index is 11.7. The zero-order chi connectivity index (χ0) is 21.4. The first kappa shape index (κ1) is 27.9. The van der Waals surface area contributed by atoms with Crippen molar-refractivity contribution in [3.8, 4) is 0 Å². The summed E-state index contributed by atoms with van der Waals surface area (Å²) in [6.07, 6.45) is 7.33. The summed E-state index contributed by atoms with van der Waals surface area (Å²) in [5.41, 5.74) is 0. The van der Waals surface area contributed by atoms with Crippen molar-refractivity contribution in [3.05, 3.63) is 0 Å². The second-order valence-electron chi connectivity index (χ2n) is 6.81.